The number of nitrogens with one attached hydrogen (secondary N) is 3. The topological polar surface area (TPSA) is 206 Å². The average molecular weight is 774 g/mol. The summed E-state index contributed by atoms with van der Waals surface area (Å²) in [5.74, 6) is 0.274. The number of aliphatic hydroxyl groups is 1. The molecule has 1 amide bonds. The lowest BCUT2D eigenvalue weighted by Crippen LogP contribution is -2.40. The molecule has 6 aromatic rings. The van der Waals surface area contributed by atoms with E-state index in [1.165, 1.54) is 10.6 Å². The molecule has 57 heavy (non-hydrogen) atoms. The van der Waals surface area contributed by atoms with Crippen molar-refractivity contribution in [3.05, 3.63) is 109 Å². The monoisotopic (exact) mass is 773 g/mol. The lowest BCUT2D eigenvalue weighted by molar-refractivity contribution is -0.0757. The zero-order valence-corrected chi connectivity index (χ0v) is 32.0. The molecule has 1 atom stereocenters. The molecule has 0 aliphatic carbocycles. The summed E-state index contributed by atoms with van der Waals surface area (Å²) >= 11 is 0. The summed E-state index contributed by atoms with van der Waals surface area (Å²) in [4.78, 5) is 44.2. The molecule has 6 N–H and O–H groups in total. The largest absolute Gasteiger partial charge is 0.508 e. The lowest BCUT2D eigenvalue weighted by atomic mass is 9.86. The van der Waals surface area contributed by atoms with Gasteiger partial charge in [0.05, 0.1) is 47.9 Å². The number of hydrogen-bond acceptors (Lipinski definition) is 11. The molecule has 0 spiro atoms. The fourth-order valence-electron chi connectivity index (χ4n) is 7.84. The standard InChI is InChI=1S/C42H43N7O8/c1-5-26-28-15-25(11-12-33(28)45-37-30(26)19-48-34(37)17-32-31(39(48)52)20-56-21-42(32,55)6-2)57-41(54)44-14-13-43-23-7-9-24(10-8-23)49-38(46-47-40(49)53)29-16-27(22(3)4)35(50)18-36(29)51/h7-12,15-18,22,43,50-51,55H,5-6,13-14,19-21H2,1-4H3,(H,44,54)(H,47,53). The number of hydrogen-bond donors (Lipinski definition) is 6. The highest BCUT2D eigenvalue weighted by atomic mass is 16.6. The fraction of sp³-hybridized carbons (Fsp3) is 0.310. The predicted molar refractivity (Wildman–Crippen MR) is 213 cm³/mol. The second-order valence-electron chi connectivity index (χ2n) is 14.7. The molecule has 2 aliphatic heterocycles. The summed E-state index contributed by atoms with van der Waals surface area (Å²) in [5.41, 5.74) is 5.37. The van der Waals surface area contributed by atoms with E-state index in [1.807, 2.05) is 33.8 Å². The van der Waals surface area contributed by atoms with Gasteiger partial charge in [0, 0.05) is 41.4 Å². The van der Waals surface area contributed by atoms with Crippen molar-refractivity contribution in [2.24, 2.45) is 0 Å². The van der Waals surface area contributed by atoms with Crippen molar-refractivity contribution >= 4 is 22.7 Å². The molecule has 15 nitrogen and oxygen atoms in total. The molecule has 5 heterocycles. The molecule has 0 saturated heterocycles. The van der Waals surface area contributed by atoms with Crippen molar-refractivity contribution in [2.75, 3.05) is 25.0 Å². The Morgan fingerprint density at radius 1 is 1.02 bits per heavy atom. The third-order valence-electron chi connectivity index (χ3n) is 10.9. The van der Waals surface area contributed by atoms with Crippen LogP contribution in [0.3, 0.4) is 0 Å². The number of phenolic OH excluding ortho intramolecular Hbond substituents is 2. The van der Waals surface area contributed by atoms with Gasteiger partial charge < -0.3 is 40.0 Å². The van der Waals surface area contributed by atoms with Gasteiger partial charge in [-0.2, -0.15) is 5.10 Å². The van der Waals surface area contributed by atoms with Crippen molar-refractivity contribution in [3.63, 3.8) is 0 Å². The van der Waals surface area contributed by atoms with Crippen LogP contribution in [-0.2, 0) is 29.9 Å². The molecule has 0 bridgehead atoms. The van der Waals surface area contributed by atoms with Crippen LogP contribution < -0.4 is 26.6 Å². The van der Waals surface area contributed by atoms with Crippen LogP contribution in [0, 0.1) is 0 Å². The smallest absolute Gasteiger partial charge is 0.412 e. The van der Waals surface area contributed by atoms with Gasteiger partial charge in [0.25, 0.3) is 5.56 Å². The second-order valence-corrected chi connectivity index (χ2v) is 14.7. The van der Waals surface area contributed by atoms with E-state index in [1.54, 1.807) is 53.1 Å². The van der Waals surface area contributed by atoms with E-state index in [0.29, 0.717) is 76.5 Å². The number of aromatic amines is 1. The fourth-order valence-corrected chi connectivity index (χ4v) is 7.84. The van der Waals surface area contributed by atoms with E-state index in [2.05, 4.69) is 20.8 Å². The van der Waals surface area contributed by atoms with Crippen LogP contribution in [0.2, 0.25) is 0 Å². The number of aromatic hydroxyl groups is 2. The molecular formula is C42H43N7O8. The number of aryl methyl sites for hydroxylation is 1. The van der Waals surface area contributed by atoms with Crippen molar-refractivity contribution in [1.82, 2.24) is 29.6 Å². The minimum atomic E-state index is -1.24. The van der Waals surface area contributed by atoms with E-state index in [0.717, 1.165) is 22.2 Å². The minimum absolute atomic E-state index is 0.0277. The van der Waals surface area contributed by atoms with E-state index in [4.69, 9.17) is 14.5 Å². The number of pyridine rings is 2. The predicted octanol–water partition coefficient (Wildman–Crippen LogP) is 5.39. The summed E-state index contributed by atoms with van der Waals surface area (Å²) in [6.07, 6.45) is 0.450. The highest BCUT2D eigenvalue weighted by Crippen LogP contribution is 2.41. The number of amides is 1. The van der Waals surface area contributed by atoms with Crippen LogP contribution in [-0.4, -0.2) is 65.4 Å². The number of phenols is 2. The van der Waals surface area contributed by atoms with Crippen LogP contribution in [0.4, 0.5) is 10.5 Å². The Balaban J connectivity index is 0.921. The summed E-state index contributed by atoms with van der Waals surface area (Å²) < 4.78 is 14.3. The average Bonchev–Trinajstić information content (AvgIpc) is 3.76. The maximum absolute atomic E-state index is 13.6. The van der Waals surface area contributed by atoms with Gasteiger partial charge in [-0.25, -0.2) is 24.2 Å². The molecule has 15 heteroatoms. The molecule has 0 fully saturated rings. The molecule has 3 aromatic heterocycles. The van der Waals surface area contributed by atoms with Crippen LogP contribution in [0.25, 0.3) is 39.4 Å². The highest BCUT2D eigenvalue weighted by molar-refractivity contribution is 5.89. The zero-order chi connectivity index (χ0) is 40.2. The second kappa shape index (κ2) is 14.6. The maximum Gasteiger partial charge on any atom is 0.412 e. The quantitative estimate of drug-likeness (QED) is 0.0972. The Bertz CT molecular complexity index is 2680. The molecule has 2 aliphatic rings. The number of carbonyl (C=O) groups excluding carboxylic acids is 1. The Morgan fingerprint density at radius 2 is 1.81 bits per heavy atom. The van der Waals surface area contributed by atoms with Crippen LogP contribution in [0.15, 0.2) is 70.3 Å². The number of ether oxygens (including phenoxy) is 2. The number of benzene rings is 3. The van der Waals surface area contributed by atoms with Crippen molar-refractivity contribution in [1.29, 1.82) is 0 Å². The molecule has 1 unspecified atom stereocenters. The van der Waals surface area contributed by atoms with Crippen molar-refractivity contribution in [2.45, 2.75) is 65.2 Å². The first-order valence-electron chi connectivity index (χ1n) is 19.0. The van der Waals surface area contributed by atoms with Crippen molar-refractivity contribution in [3.8, 4) is 45.7 Å². The van der Waals surface area contributed by atoms with Gasteiger partial charge in [0.1, 0.15) is 22.8 Å². The maximum atomic E-state index is 13.6. The third-order valence-corrected chi connectivity index (χ3v) is 10.9. The Labute approximate surface area is 326 Å². The van der Waals surface area contributed by atoms with Gasteiger partial charge in [-0.05, 0) is 90.0 Å². The van der Waals surface area contributed by atoms with Gasteiger partial charge in [0.2, 0.25) is 0 Å². The number of anilines is 1. The summed E-state index contributed by atoms with van der Waals surface area (Å²) in [6, 6.07) is 17.1. The van der Waals surface area contributed by atoms with E-state index >= 15 is 0 Å². The number of H-pyrrole nitrogens is 1. The first-order chi connectivity index (χ1) is 27.4. The first-order valence-corrected chi connectivity index (χ1v) is 19.0. The van der Waals surface area contributed by atoms with Gasteiger partial charge in [-0.1, -0.05) is 27.7 Å². The molecule has 0 radical (unpaired) electrons. The Hall–Kier alpha value is -6.45. The summed E-state index contributed by atoms with van der Waals surface area (Å²) in [6.45, 7) is 9.00. The molecule has 294 valence electrons. The lowest BCUT2D eigenvalue weighted by Gasteiger charge is -2.33. The number of fused-ring (bicyclic) bond motifs is 5. The van der Waals surface area contributed by atoms with Gasteiger partial charge in [0.15, 0.2) is 5.82 Å². The van der Waals surface area contributed by atoms with E-state index < -0.39 is 17.4 Å². The zero-order valence-electron chi connectivity index (χ0n) is 32.0. The van der Waals surface area contributed by atoms with Crippen LogP contribution in [0.1, 0.15) is 67.9 Å². The van der Waals surface area contributed by atoms with Crippen LogP contribution >= 0.6 is 0 Å². The van der Waals surface area contributed by atoms with Crippen LogP contribution in [0.5, 0.6) is 17.2 Å². The highest BCUT2D eigenvalue weighted by Gasteiger charge is 2.38. The molecular weight excluding hydrogens is 731 g/mol. The van der Waals surface area contributed by atoms with Gasteiger partial charge >= 0.3 is 11.8 Å². The summed E-state index contributed by atoms with van der Waals surface area (Å²) in [7, 11) is 0. The van der Waals surface area contributed by atoms with Crippen molar-refractivity contribution < 1.29 is 29.6 Å². The van der Waals surface area contributed by atoms with Gasteiger partial charge in [-0.15, -0.1) is 0 Å². The number of rotatable bonds is 10. The van der Waals surface area contributed by atoms with E-state index in [-0.39, 0.29) is 48.6 Å². The Morgan fingerprint density at radius 3 is 2.54 bits per heavy atom. The first kappa shape index (κ1) is 37.5. The molecule has 8 rings (SSSR count). The molecule has 0 saturated carbocycles. The third kappa shape index (κ3) is 6.57. The number of carbonyl (C=O) groups is 1. The number of aromatic nitrogens is 5. The van der Waals surface area contributed by atoms with E-state index in [9.17, 15) is 29.7 Å². The minimum Gasteiger partial charge on any atom is -0.508 e. The van der Waals surface area contributed by atoms with Gasteiger partial charge in [-0.3, -0.25) is 4.79 Å². The SMILES string of the molecule is CCc1c2c(nc3ccc(OC(=O)NCCNc4ccc(-n5c(-c6cc(C(C)C)c(O)cc6O)n[nH]c5=O)cc4)cc13)-c1cc3c(c(=O)n1C2)COCC3(O)CC. The number of nitrogens with zero attached hydrogens (tertiary/aromatic N) is 4. The Kier molecular flexibility index (Phi) is 9.57. The summed E-state index contributed by atoms with van der Waals surface area (Å²) in [5, 5.41) is 45.6. The normalized spacial score (nSPS) is 15.7. The molecule has 3 aromatic carbocycles.